The highest BCUT2D eigenvalue weighted by Crippen LogP contribution is 2.30. The molecule has 0 saturated carbocycles. The molecule has 2 heteroatoms. The van der Waals surface area contributed by atoms with Gasteiger partial charge in [-0.25, -0.2) is 0 Å². The fraction of sp³-hybridized carbons (Fsp3) is 0.625. The lowest BCUT2D eigenvalue weighted by Crippen LogP contribution is -2.16. The van der Waals surface area contributed by atoms with E-state index >= 15 is 0 Å². The van der Waals surface area contributed by atoms with Crippen LogP contribution in [0.5, 0.6) is 0 Å². The van der Waals surface area contributed by atoms with Gasteiger partial charge in [0.25, 0.3) is 0 Å². The first-order chi connectivity index (χ1) is 4.86. The van der Waals surface area contributed by atoms with E-state index in [9.17, 15) is 4.79 Å². The molecule has 1 aliphatic carbocycles. The van der Waals surface area contributed by atoms with E-state index < -0.39 is 0 Å². The van der Waals surface area contributed by atoms with Gasteiger partial charge in [-0.05, 0) is 6.42 Å². The molecule has 2 atom stereocenters. The Morgan fingerprint density at radius 2 is 2.20 bits per heavy atom. The minimum Gasteiger partial charge on any atom is -0.462 e. The first-order valence-electron chi connectivity index (χ1n) is 3.71. The lowest BCUT2D eigenvalue weighted by atomic mass is 9.91. The van der Waals surface area contributed by atoms with E-state index in [1.807, 2.05) is 0 Å². The third kappa shape index (κ3) is 0.838. The maximum Gasteiger partial charge on any atom is 0.306 e. The van der Waals surface area contributed by atoms with Gasteiger partial charge in [0.15, 0.2) is 0 Å². The normalized spacial score (nSPS) is 37.4. The Bertz CT molecular complexity index is 166. The predicted molar refractivity (Wildman–Crippen MR) is 36.4 cm³/mol. The van der Waals surface area contributed by atoms with E-state index in [-0.39, 0.29) is 12.1 Å². The summed E-state index contributed by atoms with van der Waals surface area (Å²) in [6, 6.07) is 0. The Morgan fingerprint density at radius 1 is 1.40 bits per heavy atom. The monoisotopic (exact) mass is 138 g/mol. The zero-order valence-corrected chi connectivity index (χ0v) is 5.75. The fourth-order valence-corrected chi connectivity index (χ4v) is 1.64. The molecule has 2 rings (SSSR count). The predicted octanol–water partition coefficient (Wildman–Crippen LogP) is 1.27. The number of rotatable bonds is 0. The number of hydrogen-bond acceptors (Lipinski definition) is 2. The largest absolute Gasteiger partial charge is 0.462 e. The van der Waals surface area contributed by atoms with Crippen LogP contribution in [0.2, 0.25) is 0 Å². The fourth-order valence-electron chi connectivity index (χ4n) is 1.64. The van der Waals surface area contributed by atoms with Gasteiger partial charge in [-0.15, -0.1) is 0 Å². The second-order valence-corrected chi connectivity index (χ2v) is 2.94. The molecule has 0 amide bonds. The van der Waals surface area contributed by atoms with Crippen molar-refractivity contribution in [2.75, 3.05) is 0 Å². The average molecular weight is 138 g/mol. The van der Waals surface area contributed by atoms with Crippen molar-refractivity contribution in [1.29, 1.82) is 0 Å². The first kappa shape index (κ1) is 5.96. The maximum absolute atomic E-state index is 10.8. The average Bonchev–Trinajstić information content (AvgIpc) is 2.27. The number of carbonyl (C=O) groups is 1. The van der Waals surface area contributed by atoms with Gasteiger partial charge >= 0.3 is 5.97 Å². The van der Waals surface area contributed by atoms with Gasteiger partial charge in [-0.3, -0.25) is 4.79 Å². The van der Waals surface area contributed by atoms with Gasteiger partial charge in [0.1, 0.15) is 6.10 Å². The lowest BCUT2D eigenvalue weighted by Gasteiger charge is -2.17. The quantitative estimate of drug-likeness (QED) is 0.372. The number of allylic oxidation sites excluding steroid dienone is 1. The van der Waals surface area contributed by atoms with E-state index in [2.05, 4.69) is 12.2 Å². The molecule has 0 aromatic heterocycles. The smallest absolute Gasteiger partial charge is 0.306 e. The summed E-state index contributed by atoms with van der Waals surface area (Å²) in [7, 11) is 0. The second kappa shape index (κ2) is 2.11. The van der Waals surface area contributed by atoms with Crippen molar-refractivity contribution in [1.82, 2.24) is 0 Å². The second-order valence-electron chi connectivity index (χ2n) is 2.94. The molecule has 0 aromatic rings. The Hall–Kier alpha value is -0.790. The van der Waals surface area contributed by atoms with Crippen LogP contribution in [-0.2, 0) is 9.53 Å². The van der Waals surface area contributed by atoms with Gasteiger partial charge in [0, 0.05) is 12.3 Å². The Kier molecular flexibility index (Phi) is 1.26. The van der Waals surface area contributed by atoms with Crippen LogP contribution in [0.4, 0.5) is 0 Å². The van der Waals surface area contributed by atoms with Crippen molar-refractivity contribution in [3.8, 4) is 0 Å². The zero-order chi connectivity index (χ0) is 6.97. The van der Waals surface area contributed by atoms with Gasteiger partial charge in [-0.1, -0.05) is 12.2 Å². The summed E-state index contributed by atoms with van der Waals surface area (Å²) in [6.45, 7) is 0. The van der Waals surface area contributed by atoms with E-state index in [0.717, 1.165) is 12.8 Å². The first-order valence-corrected chi connectivity index (χ1v) is 3.71. The molecule has 0 spiro atoms. The molecule has 0 radical (unpaired) electrons. The van der Waals surface area contributed by atoms with Gasteiger partial charge < -0.3 is 4.74 Å². The molecule has 0 aromatic carbocycles. The number of fused-ring (bicyclic) bond motifs is 1. The van der Waals surface area contributed by atoms with E-state index in [0.29, 0.717) is 12.3 Å². The van der Waals surface area contributed by atoms with Crippen molar-refractivity contribution in [2.45, 2.75) is 25.4 Å². The zero-order valence-electron chi connectivity index (χ0n) is 5.75. The van der Waals surface area contributed by atoms with Crippen LogP contribution >= 0.6 is 0 Å². The number of hydrogen-bond donors (Lipinski definition) is 0. The van der Waals surface area contributed by atoms with E-state index in [4.69, 9.17) is 4.74 Å². The summed E-state index contributed by atoms with van der Waals surface area (Å²) in [5.41, 5.74) is 0. The highest BCUT2D eigenvalue weighted by molar-refractivity contribution is 5.72. The SMILES string of the molecule is O=C1CC2CC=CC[C@@H]2O1. The molecule has 1 aliphatic heterocycles. The van der Waals surface area contributed by atoms with Crippen LogP contribution in [0.25, 0.3) is 0 Å². The summed E-state index contributed by atoms with van der Waals surface area (Å²) in [4.78, 5) is 10.8. The molecule has 2 nitrogen and oxygen atoms in total. The molecule has 1 saturated heterocycles. The van der Waals surface area contributed by atoms with Crippen molar-refractivity contribution < 1.29 is 9.53 Å². The number of carbonyl (C=O) groups excluding carboxylic acids is 1. The van der Waals surface area contributed by atoms with Gasteiger partial charge in [0.05, 0.1) is 6.42 Å². The molecule has 54 valence electrons. The van der Waals surface area contributed by atoms with Gasteiger partial charge in [-0.2, -0.15) is 0 Å². The minimum absolute atomic E-state index is 0.0151. The third-order valence-electron chi connectivity index (χ3n) is 2.21. The van der Waals surface area contributed by atoms with Crippen molar-refractivity contribution >= 4 is 5.97 Å². The van der Waals surface area contributed by atoms with Crippen LogP contribution in [0.15, 0.2) is 12.2 Å². The van der Waals surface area contributed by atoms with Crippen LogP contribution in [-0.4, -0.2) is 12.1 Å². The number of ether oxygens (including phenoxy) is 1. The van der Waals surface area contributed by atoms with Crippen LogP contribution in [0.1, 0.15) is 19.3 Å². The molecule has 10 heavy (non-hydrogen) atoms. The molecular weight excluding hydrogens is 128 g/mol. The molecule has 1 heterocycles. The highest BCUT2D eigenvalue weighted by Gasteiger charge is 2.34. The summed E-state index contributed by atoms with van der Waals surface area (Å²) in [5, 5.41) is 0. The minimum atomic E-state index is -0.0151. The van der Waals surface area contributed by atoms with Crippen LogP contribution in [0, 0.1) is 5.92 Å². The summed E-state index contributed by atoms with van der Waals surface area (Å²) in [6.07, 6.45) is 7.03. The molecule has 2 aliphatic rings. The van der Waals surface area contributed by atoms with Gasteiger partial charge in [0.2, 0.25) is 0 Å². The standard InChI is InChI=1S/C8H10O2/c9-8-5-6-3-1-2-4-7(6)10-8/h1-2,6-7H,3-5H2/t6?,7-/m0/s1. The molecule has 1 unspecified atom stereocenters. The topological polar surface area (TPSA) is 26.3 Å². The summed E-state index contributed by atoms with van der Waals surface area (Å²) in [5.74, 6) is 0.469. The van der Waals surface area contributed by atoms with Crippen molar-refractivity contribution in [2.24, 2.45) is 5.92 Å². The number of esters is 1. The molecule has 0 N–H and O–H groups in total. The van der Waals surface area contributed by atoms with E-state index in [1.54, 1.807) is 0 Å². The third-order valence-corrected chi connectivity index (χ3v) is 2.21. The summed E-state index contributed by atoms with van der Waals surface area (Å²) >= 11 is 0. The van der Waals surface area contributed by atoms with E-state index in [1.165, 1.54) is 0 Å². The Labute approximate surface area is 59.9 Å². The van der Waals surface area contributed by atoms with Crippen molar-refractivity contribution in [3.05, 3.63) is 12.2 Å². The Morgan fingerprint density at radius 3 is 3.00 bits per heavy atom. The highest BCUT2D eigenvalue weighted by atomic mass is 16.5. The molecule has 0 bridgehead atoms. The van der Waals surface area contributed by atoms with Crippen LogP contribution < -0.4 is 0 Å². The maximum atomic E-state index is 10.8. The van der Waals surface area contributed by atoms with Crippen molar-refractivity contribution in [3.63, 3.8) is 0 Å². The lowest BCUT2D eigenvalue weighted by molar-refractivity contribution is -0.141. The Balaban J connectivity index is 2.11. The molecule has 1 fully saturated rings. The summed E-state index contributed by atoms with van der Waals surface area (Å²) < 4.78 is 5.08. The molecular formula is C8H10O2. The van der Waals surface area contributed by atoms with Crippen LogP contribution in [0.3, 0.4) is 0 Å².